The Labute approximate surface area is 183 Å². The van der Waals surface area contributed by atoms with Gasteiger partial charge in [0.05, 0.1) is 24.9 Å². The smallest absolute Gasteiger partial charge is 0.276 e. The topological polar surface area (TPSA) is 140 Å². The molecular formula is C22H23N7O3. The number of carbonyl (C=O) groups is 2. The zero-order chi connectivity index (χ0) is 22.8. The number of aryl methyl sites for hydroxylation is 2. The van der Waals surface area contributed by atoms with Gasteiger partial charge in [-0.3, -0.25) is 14.3 Å². The summed E-state index contributed by atoms with van der Waals surface area (Å²) in [6, 6.07) is 12.7. The number of nitrogen functional groups attached to an aromatic ring is 1. The lowest BCUT2D eigenvalue weighted by atomic mass is 10.1. The maximum Gasteiger partial charge on any atom is 0.276 e. The van der Waals surface area contributed by atoms with E-state index in [9.17, 15) is 9.59 Å². The maximum absolute atomic E-state index is 12.8. The summed E-state index contributed by atoms with van der Waals surface area (Å²) in [5, 5.41) is 23.8. The van der Waals surface area contributed by atoms with E-state index in [0.717, 1.165) is 16.5 Å². The van der Waals surface area contributed by atoms with Crippen molar-refractivity contribution >= 4 is 39.9 Å². The Morgan fingerprint density at radius 3 is 2.66 bits per heavy atom. The van der Waals surface area contributed by atoms with Crippen LogP contribution in [0.1, 0.15) is 26.4 Å². The number of benzene rings is 2. The number of para-hydroxylation sites is 1. The van der Waals surface area contributed by atoms with Crippen molar-refractivity contribution in [2.45, 2.75) is 13.5 Å². The molecule has 0 aliphatic rings. The number of carbonyl (C=O) groups excluding carboxylic acids is 2. The van der Waals surface area contributed by atoms with E-state index < -0.39 is 5.91 Å². The molecule has 5 N–H and O–H groups in total. The number of nitrogens with two attached hydrogens (primary N) is 1. The highest BCUT2D eigenvalue weighted by Crippen LogP contribution is 2.23. The van der Waals surface area contributed by atoms with E-state index in [1.165, 1.54) is 10.9 Å². The fourth-order valence-electron chi connectivity index (χ4n) is 3.49. The summed E-state index contributed by atoms with van der Waals surface area (Å²) in [5.41, 5.74) is 9.27. The molecule has 0 atom stereocenters. The highest BCUT2D eigenvalue weighted by molar-refractivity contribution is 6.11. The maximum atomic E-state index is 12.8. The molecule has 10 heteroatoms. The number of amides is 2. The van der Waals surface area contributed by atoms with Crippen LogP contribution in [0.2, 0.25) is 0 Å². The van der Waals surface area contributed by atoms with Crippen LogP contribution in [-0.4, -0.2) is 43.1 Å². The van der Waals surface area contributed by atoms with Gasteiger partial charge in [-0.2, -0.15) is 10.2 Å². The van der Waals surface area contributed by atoms with E-state index in [1.54, 1.807) is 29.9 Å². The number of aromatic nitrogens is 4. The van der Waals surface area contributed by atoms with Crippen LogP contribution >= 0.6 is 0 Å². The summed E-state index contributed by atoms with van der Waals surface area (Å²) >= 11 is 0. The van der Waals surface area contributed by atoms with E-state index in [4.69, 9.17) is 10.8 Å². The van der Waals surface area contributed by atoms with Gasteiger partial charge in [0, 0.05) is 23.8 Å². The molecule has 2 amide bonds. The molecule has 4 aromatic rings. The molecule has 0 radical (unpaired) electrons. The van der Waals surface area contributed by atoms with Crippen LogP contribution < -0.4 is 16.4 Å². The first-order valence-electron chi connectivity index (χ1n) is 9.96. The van der Waals surface area contributed by atoms with E-state index in [-0.39, 0.29) is 30.4 Å². The Balaban J connectivity index is 1.49. The van der Waals surface area contributed by atoms with Crippen molar-refractivity contribution < 1.29 is 14.7 Å². The summed E-state index contributed by atoms with van der Waals surface area (Å²) in [5.74, 6) is -0.547. The lowest BCUT2D eigenvalue weighted by Gasteiger charge is -2.11. The Hall–Kier alpha value is -4.18. The first kappa shape index (κ1) is 21.1. The molecule has 0 saturated carbocycles. The molecule has 0 fully saturated rings. The van der Waals surface area contributed by atoms with Crippen molar-refractivity contribution in [3.05, 3.63) is 65.5 Å². The van der Waals surface area contributed by atoms with Crippen LogP contribution in [0.25, 0.3) is 10.9 Å². The van der Waals surface area contributed by atoms with Gasteiger partial charge in [-0.1, -0.05) is 18.2 Å². The number of hydrogen-bond donors (Lipinski definition) is 4. The van der Waals surface area contributed by atoms with E-state index in [0.29, 0.717) is 17.1 Å². The number of fused-ring (bicyclic) bond motifs is 1. The van der Waals surface area contributed by atoms with Gasteiger partial charge >= 0.3 is 0 Å². The van der Waals surface area contributed by atoms with Crippen molar-refractivity contribution in [1.82, 2.24) is 19.6 Å². The minimum atomic E-state index is -0.411. The molecule has 0 saturated heterocycles. The van der Waals surface area contributed by atoms with Crippen molar-refractivity contribution in [3.8, 4) is 0 Å². The van der Waals surface area contributed by atoms with Crippen molar-refractivity contribution in [2.75, 3.05) is 23.0 Å². The molecule has 10 nitrogen and oxygen atoms in total. The fraction of sp³-hybridized carbons (Fsp3) is 0.182. The fourth-order valence-corrected chi connectivity index (χ4v) is 3.49. The number of anilines is 3. The molecule has 0 spiro atoms. The molecule has 2 heterocycles. The Morgan fingerprint density at radius 1 is 1.12 bits per heavy atom. The van der Waals surface area contributed by atoms with Crippen LogP contribution in [0, 0.1) is 6.92 Å². The first-order valence-corrected chi connectivity index (χ1v) is 9.96. The number of hydrogen-bond acceptors (Lipinski definition) is 6. The standard InChI is InChI=1S/C22H23N7O3/c1-13-11-14(25-22(32)19-15-5-3-4-6-18(15)28(2)27-19)7-8-17(13)26-21(31)16-12-24-29(9-10-30)20(16)23/h3-8,11-12,30H,9-10,23H2,1-2H3,(H,25,32)(H,26,31). The zero-order valence-corrected chi connectivity index (χ0v) is 17.7. The highest BCUT2D eigenvalue weighted by Gasteiger charge is 2.18. The third-order valence-corrected chi connectivity index (χ3v) is 5.14. The molecule has 2 aromatic heterocycles. The lowest BCUT2D eigenvalue weighted by molar-refractivity contribution is 0.101. The first-order chi connectivity index (χ1) is 15.4. The monoisotopic (exact) mass is 433 g/mol. The van der Waals surface area contributed by atoms with Gasteiger partial charge in [-0.25, -0.2) is 4.68 Å². The van der Waals surface area contributed by atoms with Crippen molar-refractivity contribution in [1.29, 1.82) is 0 Å². The number of nitrogens with zero attached hydrogens (tertiary/aromatic N) is 4. The Kier molecular flexibility index (Phi) is 5.61. The van der Waals surface area contributed by atoms with Crippen LogP contribution in [-0.2, 0) is 13.6 Å². The van der Waals surface area contributed by atoms with E-state index in [1.807, 2.05) is 31.2 Å². The molecule has 32 heavy (non-hydrogen) atoms. The minimum absolute atomic E-state index is 0.131. The second-order valence-corrected chi connectivity index (χ2v) is 7.32. The summed E-state index contributed by atoms with van der Waals surface area (Å²) in [6.45, 7) is 1.89. The van der Waals surface area contributed by atoms with Gasteiger partial charge in [-0.15, -0.1) is 0 Å². The van der Waals surface area contributed by atoms with Gasteiger partial charge in [0.25, 0.3) is 11.8 Å². The quantitative estimate of drug-likeness (QED) is 0.367. The third kappa shape index (κ3) is 3.91. The van der Waals surface area contributed by atoms with Gasteiger partial charge in [0.1, 0.15) is 11.4 Å². The average molecular weight is 433 g/mol. The summed E-state index contributed by atoms with van der Waals surface area (Å²) in [6.07, 6.45) is 1.36. The molecule has 0 aliphatic carbocycles. The predicted molar refractivity (Wildman–Crippen MR) is 122 cm³/mol. The SMILES string of the molecule is Cc1cc(NC(=O)c2nn(C)c3ccccc23)ccc1NC(=O)c1cnn(CCO)c1N. The number of rotatable bonds is 6. The number of aliphatic hydroxyl groups is 1. The van der Waals surface area contributed by atoms with Gasteiger partial charge in [0.15, 0.2) is 5.69 Å². The molecular weight excluding hydrogens is 410 g/mol. The van der Waals surface area contributed by atoms with E-state index in [2.05, 4.69) is 20.8 Å². The zero-order valence-electron chi connectivity index (χ0n) is 17.7. The predicted octanol–water partition coefficient (Wildman–Crippen LogP) is 2.16. The molecule has 0 unspecified atom stereocenters. The lowest BCUT2D eigenvalue weighted by Crippen LogP contribution is -2.16. The average Bonchev–Trinajstić information content (AvgIpc) is 3.31. The van der Waals surface area contributed by atoms with Crippen LogP contribution in [0.3, 0.4) is 0 Å². The molecule has 164 valence electrons. The van der Waals surface area contributed by atoms with Gasteiger partial charge in [0.2, 0.25) is 0 Å². The van der Waals surface area contributed by atoms with Crippen molar-refractivity contribution in [2.24, 2.45) is 7.05 Å². The minimum Gasteiger partial charge on any atom is -0.394 e. The molecule has 0 aliphatic heterocycles. The summed E-state index contributed by atoms with van der Waals surface area (Å²) in [7, 11) is 1.79. The molecule has 0 bridgehead atoms. The Morgan fingerprint density at radius 2 is 1.91 bits per heavy atom. The third-order valence-electron chi connectivity index (χ3n) is 5.14. The second kappa shape index (κ2) is 8.52. The second-order valence-electron chi connectivity index (χ2n) is 7.32. The van der Waals surface area contributed by atoms with Crippen molar-refractivity contribution in [3.63, 3.8) is 0 Å². The summed E-state index contributed by atoms with van der Waals surface area (Å²) < 4.78 is 3.03. The molecule has 4 rings (SSSR count). The summed E-state index contributed by atoms with van der Waals surface area (Å²) in [4.78, 5) is 25.4. The van der Waals surface area contributed by atoms with Gasteiger partial charge in [-0.05, 0) is 36.8 Å². The van der Waals surface area contributed by atoms with E-state index >= 15 is 0 Å². The van der Waals surface area contributed by atoms with Crippen LogP contribution in [0.15, 0.2) is 48.7 Å². The number of aliphatic hydroxyl groups excluding tert-OH is 1. The molecule has 2 aromatic carbocycles. The Bertz CT molecular complexity index is 1320. The highest BCUT2D eigenvalue weighted by atomic mass is 16.3. The van der Waals surface area contributed by atoms with Gasteiger partial charge < -0.3 is 21.5 Å². The normalized spacial score (nSPS) is 11.0. The van der Waals surface area contributed by atoms with Crippen LogP contribution in [0.5, 0.6) is 0 Å². The number of nitrogens with one attached hydrogen (secondary N) is 2. The largest absolute Gasteiger partial charge is 0.394 e. The van der Waals surface area contributed by atoms with Crippen LogP contribution in [0.4, 0.5) is 17.2 Å².